The van der Waals surface area contributed by atoms with Gasteiger partial charge in [-0.3, -0.25) is 25.3 Å². The fraction of sp³-hybridized carbons (Fsp3) is 0.333. The van der Waals surface area contributed by atoms with Crippen LogP contribution < -0.4 is 15.6 Å². The van der Waals surface area contributed by atoms with Crippen LogP contribution in [0.5, 0.6) is 5.75 Å². The molecule has 26 heavy (non-hydrogen) atoms. The number of methoxy groups -OCH3 is 1. The first kappa shape index (κ1) is 19.8. The average Bonchev–Trinajstić information content (AvgIpc) is 3.12. The van der Waals surface area contributed by atoms with E-state index >= 15 is 0 Å². The molecule has 0 spiro atoms. The second-order valence-electron chi connectivity index (χ2n) is 5.48. The van der Waals surface area contributed by atoms with E-state index in [1.54, 1.807) is 18.2 Å². The van der Waals surface area contributed by atoms with Crippen molar-refractivity contribution in [1.29, 1.82) is 0 Å². The Kier molecular flexibility index (Phi) is 7.06. The van der Waals surface area contributed by atoms with Crippen molar-refractivity contribution in [3.05, 3.63) is 52.4 Å². The Morgan fingerprint density at radius 1 is 1.12 bits per heavy atom. The van der Waals surface area contributed by atoms with Crippen molar-refractivity contribution in [1.82, 2.24) is 15.8 Å². The molecule has 2 aromatic rings. The zero-order valence-corrected chi connectivity index (χ0v) is 15.7. The van der Waals surface area contributed by atoms with Crippen molar-refractivity contribution in [2.24, 2.45) is 0 Å². The maximum atomic E-state index is 12.2. The molecule has 0 radical (unpaired) electrons. The van der Waals surface area contributed by atoms with Gasteiger partial charge in [0.05, 0.1) is 19.2 Å². The zero-order chi connectivity index (χ0) is 19.1. The highest BCUT2D eigenvalue weighted by Gasteiger charge is 2.16. The quantitative estimate of drug-likeness (QED) is 0.723. The van der Waals surface area contributed by atoms with Crippen molar-refractivity contribution in [2.75, 3.05) is 20.2 Å². The summed E-state index contributed by atoms with van der Waals surface area (Å²) >= 11 is 5.87. The molecule has 2 amide bonds. The summed E-state index contributed by atoms with van der Waals surface area (Å²) in [5.74, 6) is 0.0442. The number of nitrogens with one attached hydrogen (secondary N) is 2. The van der Waals surface area contributed by atoms with Gasteiger partial charge in [-0.05, 0) is 43.4 Å². The third-order valence-corrected chi connectivity index (χ3v) is 4.09. The van der Waals surface area contributed by atoms with Crippen LogP contribution in [-0.4, -0.2) is 36.9 Å². The summed E-state index contributed by atoms with van der Waals surface area (Å²) in [6.07, 6.45) is 0. The van der Waals surface area contributed by atoms with Crippen LogP contribution in [0.1, 0.15) is 40.5 Å². The molecular formula is C18H22ClN3O4. The number of nitrogens with zero attached hydrogens (tertiary/aromatic N) is 1. The third-order valence-electron chi connectivity index (χ3n) is 3.86. The highest BCUT2D eigenvalue weighted by Crippen LogP contribution is 2.22. The molecule has 2 N–H and O–H groups in total. The van der Waals surface area contributed by atoms with E-state index in [0.29, 0.717) is 23.1 Å². The van der Waals surface area contributed by atoms with Crippen LogP contribution >= 0.6 is 11.6 Å². The van der Waals surface area contributed by atoms with Gasteiger partial charge < -0.3 is 9.15 Å². The molecule has 1 heterocycles. The summed E-state index contributed by atoms with van der Waals surface area (Å²) in [7, 11) is 1.43. The number of rotatable bonds is 7. The molecule has 0 atom stereocenters. The van der Waals surface area contributed by atoms with Crippen LogP contribution in [0, 0.1) is 0 Å². The number of hydrogen-bond acceptors (Lipinski definition) is 5. The van der Waals surface area contributed by atoms with Gasteiger partial charge in [0.1, 0.15) is 11.5 Å². The van der Waals surface area contributed by atoms with Crippen LogP contribution in [0.25, 0.3) is 0 Å². The number of carbonyl (C=O) groups is 2. The fourth-order valence-electron chi connectivity index (χ4n) is 2.35. The lowest BCUT2D eigenvalue weighted by atomic mass is 10.2. The summed E-state index contributed by atoms with van der Waals surface area (Å²) in [6.45, 7) is 6.51. The molecule has 2 rings (SSSR count). The van der Waals surface area contributed by atoms with E-state index in [0.717, 1.165) is 13.1 Å². The highest BCUT2D eigenvalue weighted by atomic mass is 35.5. The van der Waals surface area contributed by atoms with Crippen molar-refractivity contribution in [3.63, 3.8) is 0 Å². The second kappa shape index (κ2) is 9.26. The van der Waals surface area contributed by atoms with Crippen LogP contribution in [0.3, 0.4) is 0 Å². The molecule has 0 fully saturated rings. The van der Waals surface area contributed by atoms with Gasteiger partial charge in [0, 0.05) is 5.02 Å². The van der Waals surface area contributed by atoms with E-state index < -0.39 is 11.8 Å². The molecule has 0 aliphatic rings. The van der Waals surface area contributed by atoms with Gasteiger partial charge in [0.15, 0.2) is 5.76 Å². The molecule has 0 aliphatic carbocycles. The summed E-state index contributed by atoms with van der Waals surface area (Å²) < 4.78 is 10.7. The smallest absolute Gasteiger partial charge is 0.305 e. The number of hydrogen-bond donors (Lipinski definition) is 2. The number of hydrazine groups is 1. The molecule has 0 saturated heterocycles. The number of benzene rings is 1. The molecule has 0 unspecified atom stereocenters. The van der Waals surface area contributed by atoms with E-state index in [9.17, 15) is 9.59 Å². The molecule has 140 valence electrons. The maximum absolute atomic E-state index is 12.2. The lowest BCUT2D eigenvalue weighted by molar-refractivity contribution is 0.0827. The van der Waals surface area contributed by atoms with Crippen LogP contribution in [0.15, 0.2) is 34.7 Å². The summed E-state index contributed by atoms with van der Waals surface area (Å²) in [6, 6.07) is 7.91. The summed E-state index contributed by atoms with van der Waals surface area (Å²) in [5.41, 5.74) is 4.90. The lowest BCUT2D eigenvalue weighted by Gasteiger charge is -2.15. The van der Waals surface area contributed by atoms with Gasteiger partial charge in [-0.2, -0.15) is 0 Å². The standard InChI is InChI=1S/C18H22ClN3O4/c1-4-22(5-2)11-13-7-9-15(26-13)18(24)21-20-17(23)14-8-6-12(19)10-16(14)25-3/h6-10H,4-5,11H2,1-3H3,(H,20,23)(H,21,24). The average molecular weight is 380 g/mol. The van der Waals surface area contributed by atoms with Crippen LogP contribution in [-0.2, 0) is 6.54 Å². The van der Waals surface area contributed by atoms with Crippen molar-refractivity contribution in [2.45, 2.75) is 20.4 Å². The van der Waals surface area contributed by atoms with E-state index in [1.165, 1.54) is 19.2 Å². The molecular weight excluding hydrogens is 358 g/mol. The SMILES string of the molecule is CCN(CC)Cc1ccc(C(=O)NNC(=O)c2ccc(Cl)cc2OC)o1. The minimum absolute atomic E-state index is 0.121. The zero-order valence-electron chi connectivity index (χ0n) is 15.0. The maximum Gasteiger partial charge on any atom is 0.305 e. The Bertz CT molecular complexity index is 772. The van der Waals surface area contributed by atoms with E-state index in [4.69, 9.17) is 20.8 Å². The van der Waals surface area contributed by atoms with E-state index in [-0.39, 0.29) is 11.3 Å². The first-order valence-electron chi connectivity index (χ1n) is 8.23. The van der Waals surface area contributed by atoms with Crippen molar-refractivity contribution in [3.8, 4) is 5.75 Å². The molecule has 1 aromatic heterocycles. The van der Waals surface area contributed by atoms with Gasteiger partial charge in [-0.25, -0.2) is 0 Å². The van der Waals surface area contributed by atoms with Crippen molar-refractivity contribution < 1.29 is 18.7 Å². The number of carbonyl (C=O) groups excluding carboxylic acids is 2. The largest absolute Gasteiger partial charge is 0.496 e. The minimum Gasteiger partial charge on any atom is -0.496 e. The summed E-state index contributed by atoms with van der Waals surface area (Å²) in [5, 5.41) is 0.443. The highest BCUT2D eigenvalue weighted by molar-refractivity contribution is 6.30. The van der Waals surface area contributed by atoms with Gasteiger partial charge in [-0.15, -0.1) is 0 Å². The molecule has 8 heteroatoms. The third kappa shape index (κ3) is 5.00. The first-order chi connectivity index (χ1) is 12.5. The Balaban J connectivity index is 1.96. The lowest BCUT2D eigenvalue weighted by Crippen LogP contribution is -2.41. The van der Waals surface area contributed by atoms with Crippen LogP contribution in [0.2, 0.25) is 5.02 Å². The normalized spacial score (nSPS) is 10.7. The van der Waals surface area contributed by atoms with Gasteiger partial charge >= 0.3 is 5.91 Å². The Morgan fingerprint density at radius 2 is 1.81 bits per heavy atom. The summed E-state index contributed by atoms with van der Waals surface area (Å²) in [4.78, 5) is 26.5. The molecule has 0 saturated carbocycles. The number of amides is 2. The van der Waals surface area contributed by atoms with E-state index in [2.05, 4.69) is 29.6 Å². The second-order valence-corrected chi connectivity index (χ2v) is 5.92. The molecule has 7 nitrogen and oxygen atoms in total. The first-order valence-corrected chi connectivity index (χ1v) is 8.61. The molecule has 1 aromatic carbocycles. The fourth-order valence-corrected chi connectivity index (χ4v) is 2.51. The van der Waals surface area contributed by atoms with E-state index in [1.807, 2.05) is 0 Å². The Labute approximate surface area is 157 Å². The Morgan fingerprint density at radius 3 is 2.46 bits per heavy atom. The predicted octanol–water partition coefficient (Wildman–Crippen LogP) is 2.86. The Hall–Kier alpha value is -2.51. The van der Waals surface area contributed by atoms with Crippen molar-refractivity contribution >= 4 is 23.4 Å². The number of furan rings is 1. The number of ether oxygens (including phenoxy) is 1. The topological polar surface area (TPSA) is 83.8 Å². The monoisotopic (exact) mass is 379 g/mol. The van der Waals surface area contributed by atoms with Gasteiger partial charge in [0.2, 0.25) is 0 Å². The molecule has 0 bridgehead atoms. The predicted molar refractivity (Wildman–Crippen MR) is 98.3 cm³/mol. The van der Waals surface area contributed by atoms with Crippen LogP contribution in [0.4, 0.5) is 0 Å². The molecule has 0 aliphatic heterocycles. The minimum atomic E-state index is -0.544. The number of halogens is 1. The van der Waals surface area contributed by atoms with Gasteiger partial charge in [-0.1, -0.05) is 25.4 Å². The van der Waals surface area contributed by atoms with Gasteiger partial charge in [0.25, 0.3) is 5.91 Å².